The third-order valence-electron chi connectivity index (χ3n) is 3.06. The molecule has 0 bridgehead atoms. The molecule has 0 aromatic heterocycles. The van der Waals surface area contributed by atoms with Gasteiger partial charge in [-0.05, 0) is 30.5 Å². The zero-order valence-corrected chi connectivity index (χ0v) is 13.9. The van der Waals surface area contributed by atoms with Gasteiger partial charge in [0.05, 0.1) is 22.7 Å². The summed E-state index contributed by atoms with van der Waals surface area (Å²) in [6, 6.07) is 9.26. The maximum Gasteiger partial charge on any atom is 0.282 e. The Kier molecular flexibility index (Phi) is 5.46. The molecular formula is C15H13ClN2O4S. The van der Waals surface area contributed by atoms with Gasteiger partial charge >= 0.3 is 0 Å². The molecule has 2 aromatic carbocycles. The van der Waals surface area contributed by atoms with E-state index in [1.165, 1.54) is 31.0 Å². The largest absolute Gasteiger partial charge is 0.493 e. The topological polar surface area (TPSA) is 81.5 Å². The van der Waals surface area contributed by atoms with Gasteiger partial charge in [0.25, 0.3) is 11.6 Å². The number of nitrogens with zero attached hydrogens (tertiary/aromatic N) is 1. The summed E-state index contributed by atoms with van der Waals surface area (Å²) in [5.41, 5.74) is 0.0547. The zero-order chi connectivity index (χ0) is 17.0. The summed E-state index contributed by atoms with van der Waals surface area (Å²) < 4.78 is 5.15. The third kappa shape index (κ3) is 3.75. The van der Waals surface area contributed by atoms with Crippen LogP contribution in [0.5, 0.6) is 5.75 Å². The number of para-hydroxylation sites is 1. The van der Waals surface area contributed by atoms with Gasteiger partial charge in [-0.15, -0.1) is 11.8 Å². The Morgan fingerprint density at radius 1 is 1.35 bits per heavy atom. The highest BCUT2D eigenvalue weighted by molar-refractivity contribution is 7.98. The second kappa shape index (κ2) is 7.34. The molecule has 120 valence electrons. The van der Waals surface area contributed by atoms with E-state index in [9.17, 15) is 14.9 Å². The van der Waals surface area contributed by atoms with Crippen LogP contribution in [0.15, 0.2) is 41.3 Å². The summed E-state index contributed by atoms with van der Waals surface area (Å²) in [6.45, 7) is 0. The quantitative estimate of drug-likeness (QED) is 0.494. The van der Waals surface area contributed by atoms with Crippen molar-refractivity contribution in [3.63, 3.8) is 0 Å². The second-order valence-corrected chi connectivity index (χ2v) is 5.70. The fourth-order valence-electron chi connectivity index (χ4n) is 1.99. The molecule has 0 atom stereocenters. The predicted octanol–water partition coefficient (Wildman–Crippen LogP) is 4.23. The van der Waals surface area contributed by atoms with Gasteiger partial charge in [0, 0.05) is 11.0 Å². The Balaban J connectivity index is 2.42. The molecule has 1 N–H and O–H groups in total. The van der Waals surface area contributed by atoms with Crippen molar-refractivity contribution in [2.24, 2.45) is 0 Å². The van der Waals surface area contributed by atoms with Crippen molar-refractivity contribution in [3.8, 4) is 5.75 Å². The number of nitrogens with one attached hydrogen (secondary N) is 1. The third-order valence-corrected chi connectivity index (χ3v) is 4.09. The van der Waals surface area contributed by atoms with Crippen LogP contribution in [0.3, 0.4) is 0 Å². The van der Waals surface area contributed by atoms with Crippen LogP contribution in [-0.2, 0) is 0 Å². The zero-order valence-electron chi connectivity index (χ0n) is 12.3. The van der Waals surface area contributed by atoms with Crippen LogP contribution < -0.4 is 10.1 Å². The molecule has 0 spiro atoms. The number of anilines is 1. The van der Waals surface area contributed by atoms with E-state index in [1.807, 2.05) is 6.26 Å². The number of methoxy groups -OCH3 is 1. The van der Waals surface area contributed by atoms with E-state index in [0.29, 0.717) is 16.5 Å². The van der Waals surface area contributed by atoms with Crippen molar-refractivity contribution in [1.82, 2.24) is 0 Å². The Bertz CT molecular complexity index is 767. The number of rotatable bonds is 5. The van der Waals surface area contributed by atoms with E-state index in [2.05, 4.69) is 5.32 Å². The number of thioether (sulfide) groups is 1. The van der Waals surface area contributed by atoms with Gasteiger partial charge in [0.15, 0.2) is 5.75 Å². The van der Waals surface area contributed by atoms with E-state index in [4.69, 9.17) is 16.3 Å². The lowest BCUT2D eigenvalue weighted by Crippen LogP contribution is -2.14. The van der Waals surface area contributed by atoms with Crippen LogP contribution in [0, 0.1) is 10.1 Å². The number of nitro groups is 1. The number of benzene rings is 2. The lowest BCUT2D eigenvalue weighted by Gasteiger charge is -2.12. The van der Waals surface area contributed by atoms with Crippen molar-refractivity contribution in [3.05, 3.63) is 57.1 Å². The molecule has 0 heterocycles. The van der Waals surface area contributed by atoms with E-state index < -0.39 is 10.8 Å². The minimum Gasteiger partial charge on any atom is -0.493 e. The van der Waals surface area contributed by atoms with Crippen LogP contribution in [-0.4, -0.2) is 24.2 Å². The summed E-state index contributed by atoms with van der Waals surface area (Å²) in [4.78, 5) is 23.8. The maximum atomic E-state index is 12.5. The molecule has 0 saturated carbocycles. The van der Waals surface area contributed by atoms with Crippen LogP contribution in [0.25, 0.3) is 0 Å². The monoisotopic (exact) mass is 352 g/mol. The molecule has 6 nitrogen and oxygen atoms in total. The van der Waals surface area contributed by atoms with Crippen molar-refractivity contribution < 1.29 is 14.5 Å². The first-order chi connectivity index (χ1) is 11.0. The van der Waals surface area contributed by atoms with Crippen molar-refractivity contribution >= 4 is 40.6 Å². The van der Waals surface area contributed by atoms with E-state index in [1.54, 1.807) is 24.3 Å². The Hall–Kier alpha value is -2.25. The molecule has 2 aromatic rings. The minimum absolute atomic E-state index is 0.0242. The molecule has 0 aliphatic rings. The number of hydrogen-bond donors (Lipinski definition) is 1. The van der Waals surface area contributed by atoms with Gasteiger partial charge in [-0.3, -0.25) is 14.9 Å². The number of halogens is 1. The standard InChI is InChI=1S/C15H13ClN2O4S/c1-22-14-11(16)4-3-5-12(14)17-15(19)10-8-9(23-2)6-7-13(10)18(20)21/h3-8H,1-2H3,(H,17,19). The van der Waals surface area contributed by atoms with Gasteiger partial charge in [-0.1, -0.05) is 17.7 Å². The number of nitro benzene ring substituents is 1. The predicted molar refractivity (Wildman–Crippen MR) is 90.8 cm³/mol. The van der Waals surface area contributed by atoms with Gasteiger partial charge < -0.3 is 10.1 Å². The SMILES string of the molecule is COc1c(Cl)cccc1NC(=O)c1cc(SC)ccc1[N+](=O)[O-]. The van der Waals surface area contributed by atoms with Crippen LogP contribution in [0.2, 0.25) is 5.02 Å². The highest BCUT2D eigenvalue weighted by Gasteiger charge is 2.22. The molecule has 2 rings (SSSR count). The molecule has 1 amide bonds. The van der Waals surface area contributed by atoms with Crippen LogP contribution in [0.4, 0.5) is 11.4 Å². The fourth-order valence-corrected chi connectivity index (χ4v) is 2.68. The maximum absolute atomic E-state index is 12.5. The molecule has 0 aliphatic carbocycles. The first-order valence-corrected chi connectivity index (χ1v) is 8.04. The summed E-state index contributed by atoms with van der Waals surface area (Å²) in [5.74, 6) is -0.306. The highest BCUT2D eigenvalue weighted by Crippen LogP contribution is 2.33. The first kappa shape index (κ1) is 17.1. The van der Waals surface area contributed by atoms with E-state index in [-0.39, 0.29) is 11.3 Å². The van der Waals surface area contributed by atoms with Crippen LogP contribution in [0.1, 0.15) is 10.4 Å². The average Bonchev–Trinajstić information content (AvgIpc) is 2.54. The molecule has 23 heavy (non-hydrogen) atoms. The number of ether oxygens (including phenoxy) is 1. The molecule has 0 unspecified atom stereocenters. The number of amides is 1. The van der Waals surface area contributed by atoms with Gasteiger partial charge in [-0.2, -0.15) is 0 Å². The van der Waals surface area contributed by atoms with Gasteiger partial charge in [0.1, 0.15) is 5.56 Å². The summed E-state index contributed by atoms with van der Waals surface area (Å²) >= 11 is 7.39. The van der Waals surface area contributed by atoms with E-state index in [0.717, 1.165) is 4.90 Å². The summed E-state index contributed by atoms with van der Waals surface area (Å²) in [5, 5.41) is 14.1. The minimum atomic E-state index is -0.604. The number of carbonyl (C=O) groups is 1. The number of carbonyl (C=O) groups excluding carboxylic acids is 1. The molecular weight excluding hydrogens is 340 g/mol. The van der Waals surface area contributed by atoms with Crippen molar-refractivity contribution in [2.45, 2.75) is 4.90 Å². The fraction of sp³-hybridized carbons (Fsp3) is 0.133. The summed E-state index contributed by atoms with van der Waals surface area (Å²) in [6.07, 6.45) is 1.82. The normalized spacial score (nSPS) is 10.2. The van der Waals surface area contributed by atoms with Crippen molar-refractivity contribution in [2.75, 3.05) is 18.7 Å². The Morgan fingerprint density at radius 3 is 2.70 bits per heavy atom. The number of hydrogen-bond acceptors (Lipinski definition) is 5. The molecule has 0 aliphatic heterocycles. The highest BCUT2D eigenvalue weighted by atomic mass is 35.5. The van der Waals surface area contributed by atoms with Gasteiger partial charge in [-0.25, -0.2) is 0 Å². The Morgan fingerprint density at radius 2 is 2.09 bits per heavy atom. The average molecular weight is 353 g/mol. The smallest absolute Gasteiger partial charge is 0.282 e. The van der Waals surface area contributed by atoms with Gasteiger partial charge in [0.2, 0.25) is 0 Å². The molecule has 0 radical (unpaired) electrons. The molecule has 0 saturated heterocycles. The lowest BCUT2D eigenvalue weighted by molar-refractivity contribution is -0.385. The van der Waals surface area contributed by atoms with E-state index >= 15 is 0 Å². The summed E-state index contributed by atoms with van der Waals surface area (Å²) in [7, 11) is 1.42. The first-order valence-electron chi connectivity index (χ1n) is 6.44. The second-order valence-electron chi connectivity index (χ2n) is 4.41. The molecule has 8 heteroatoms. The molecule has 0 fully saturated rings. The Labute approximate surface area is 141 Å². The van der Waals surface area contributed by atoms with Crippen molar-refractivity contribution in [1.29, 1.82) is 0 Å². The van der Waals surface area contributed by atoms with Crippen LogP contribution >= 0.6 is 23.4 Å². The lowest BCUT2D eigenvalue weighted by atomic mass is 10.1.